The van der Waals surface area contributed by atoms with Crippen LogP contribution in [0.15, 0.2) is 53.7 Å². The fraction of sp³-hybridized carbons (Fsp3) is 0.133. The number of carbonyl (C=O) groups excluding carboxylic acids is 1. The average molecular weight is 335 g/mol. The van der Waals surface area contributed by atoms with Crippen LogP contribution in [0.4, 0.5) is 11.5 Å². The van der Waals surface area contributed by atoms with Gasteiger partial charge in [0.2, 0.25) is 5.91 Å². The molecule has 0 saturated heterocycles. The van der Waals surface area contributed by atoms with E-state index in [0.717, 1.165) is 5.69 Å². The fourth-order valence-electron chi connectivity index (χ4n) is 1.64. The van der Waals surface area contributed by atoms with Crippen LogP contribution in [0.25, 0.3) is 0 Å². The van der Waals surface area contributed by atoms with E-state index in [1.54, 1.807) is 18.0 Å². The summed E-state index contributed by atoms with van der Waals surface area (Å²) >= 11 is 7.15. The van der Waals surface area contributed by atoms with Crippen molar-refractivity contribution in [2.24, 2.45) is 0 Å². The van der Waals surface area contributed by atoms with E-state index >= 15 is 0 Å². The minimum atomic E-state index is -0.0988. The number of hydrogen-bond donors (Lipinski definition) is 1. The molecule has 1 aromatic carbocycles. The van der Waals surface area contributed by atoms with Crippen molar-refractivity contribution in [3.8, 4) is 0 Å². The molecule has 0 unspecified atom stereocenters. The fourth-order valence-corrected chi connectivity index (χ4v) is 2.56. The number of thioether (sulfide) groups is 1. The Balaban J connectivity index is 1.88. The minimum absolute atomic E-state index is 0.0988. The lowest BCUT2D eigenvalue weighted by Crippen LogP contribution is -2.23. The van der Waals surface area contributed by atoms with Gasteiger partial charge in [-0.1, -0.05) is 47.6 Å². The number of carbonyl (C=O) groups is 1. The van der Waals surface area contributed by atoms with Crippen molar-refractivity contribution in [2.75, 3.05) is 23.4 Å². The second-order valence-electron chi connectivity index (χ2n) is 4.34. The lowest BCUT2D eigenvalue weighted by Gasteiger charge is -2.14. The van der Waals surface area contributed by atoms with Crippen molar-refractivity contribution in [3.63, 3.8) is 0 Å². The Kier molecular flexibility index (Phi) is 5.80. The molecule has 0 aliphatic carbocycles. The zero-order chi connectivity index (χ0) is 15.9. The van der Waals surface area contributed by atoms with Gasteiger partial charge in [-0.05, 0) is 12.1 Å². The third-order valence-corrected chi connectivity index (χ3v) is 3.73. The van der Waals surface area contributed by atoms with Crippen LogP contribution in [0.1, 0.15) is 0 Å². The van der Waals surface area contributed by atoms with E-state index in [9.17, 15) is 4.79 Å². The Hall–Kier alpha value is -2.05. The number of nitrogens with two attached hydrogens (primary N) is 1. The number of halogens is 1. The zero-order valence-electron chi connectivity index (χ0n) is 11.9. The molecule has 114 valence electrons. The molecule has 0 bridgehead atoms. The highest BCUT2D eigenvalue weighted by Gasteiger charge is 2.06. The predicted octanol–water partition coefficient (Wildman–Crippen LogP) is 3.02. The molecule has 0 atom stereocenters. The maximum Gasteiger partial charge on any atom is 0.250 e. The van der Waals surface area contributed by atoms with Crippen LogP contribution >= 0.6 is 23.4 Å². The van der Waals surface area contributed by atoms with Crippen LogP contribution < -0.4 is 10.6 Å². The van der Waals surface area contributed by atoms with Crippen LogP contribution in [0.2, 0.25) is 5.15 Å². The first-order valence-corrected chi connectivity index (χ1v) is 7.85. The normalized spacial score (nSPS) is 10.8. The summed E-state index contributed by atoms with van der Waals surface area (Å²) in [6, 6.07) is 10.9. The standard InChI is InChI=1S/C15H15ClN4OS/c1-20(11-6-3-2-4-7-11)14(21)8-5-9-22-15-18-12(16)10-13(17)19-15/h2-8,10H,9H2,1H3,(H2,17,18,19)/b8-5+. The summed E-state index contributed by atoms with van der Waals surface area (Å²) in [4.78, 5) is 21.7. The molecule has 0 aliphatic rings. The topological polar surface area (TPSA) is 72.1 Å². The van der Waals surface area contributed by atoms with Gasteiger partial charge < -0.3 is 10.6 Å². The molecule has 0 saturated carbocycles. The van der Waals surface area contributed by atoms with Gasteiger partial charge in [0, 0.05) is 30.6 Å². The number of rotatable bonds is 5. The molecular formula is C15H15ClN4OS. The summed E-state index contributed by atoms with van der Waals surface area (Å²) in [6.07, 6.45) is 3.28. The SMILES string of the molecule is CN(C(=O)/C=C/CSc1nc(N)cc(Cl)n1)c1ccccc1. The van der Waals surface area contributed by atoms with Crippen molar-refractivity contribution < 1.29 is 4.79 Å². The van der Waals surface area contributed by atoms with Crippen LogP contribution in [-0.4, -0.2) is 28.7 Å². The first-order valence-electron chi connectivity index (χ1n) is 6.48. The molecule has 1 aromatic heterocycles. The molecule has 2 aromatic rings. The van der Waals surface area contributed by atoms with Crippen LogP contribution in [0.3, 0.4) is 0 Å². The average Bonchev–Trinajstić information content (AvgIpc) is 2.50. The molecule has 1 heterocycles. The maximum atomic E-state index is 12.0. The van der Waals surface area contributed by atoms with E-state index in [4.69, 9.17) is 17.3 Å². The van der Waals surface area contributed by atoms with Gasteiger partial charge in [0.15, 0.2) is 5.16 Å². The van der Waals surface area contributed by atoms with Crippen LogP contribution in [0, 0.1) is 0 Å². The molecular weight excluding hydrogens is 320 g/mol. The van der Waals surface area contributed by atoms with Gasteiger partial charge >= 0.3 is 0 Å². The zero-order valence-corrected chi connectivity index (χ0v) is 13.5. The second-order valence-corrected chi connectivity index (χ2v) is 5.72. The highest BCUT2D eigenvalue weighted by molar-refractivity contribution is 7.99. The number of aromatic nitrogens is 2. The molecule has 0 spiro atoms. The maximum absolute atomic E-state index is 12.0. The van der Waals surface area contributed by atoms with Crippen molar-refractivity contribution in [3.05, 3.63) is 53.7 Å². The van der Waals surface area contributed by atoms with Crippen molar-refractivity contribution in [1.82, 2.24) is 9.97 Å². The number of anilines is 2. The summed E-state index contributed by atoms with van der Waals surface area (Å²) in [6.45, 7) is 0. The molecule has 7 heteroatoms. The number of hydrogen-bond acceptors (Lipinski definition) is 5. The van der Waals surface area contributed by atoms with Gasteiger partial charge in [0.05, 0.1) is 0 Å². The molecule has 2 rings (SSSR count). The van der Waals surface area contributed by atoms with Crippen molar-refractivity contribution in [2.45, 2.75) is 5.16 Å². The number of para-hydroxylation sites is 1. The lowest BCUT2D eigenvalue weighted by atomic mass is 10.3. The van der Waals surface area contributed by atoms with Gasteiger partial charge in [0.1, 0.15) is 11.0 Å². The number of benzene rings is 1. The van der Waals surface area contributed by atoms with Gasteiger partial charge in [0.25, 0.3) is 0 Å². The summed E-state index contributed by atoms with van der Waals surface area (Å²) in [5.41, 5.74) is 6.43. The number of nitrogen functional groups attached to an aromatic ring is 1. The minimum Gasteiger partial charge on any atom is -0.384 e. The summed E-state index contributed by atoms with van der Waals surface area (Å²) in [5.74, 6) is 0.776. The Morgan fingerprint density at radius 1 is 1.36 bits per heavy atom. The highest BCUT2D eigenvalue weighted by Crippen LogP contribution is 2.18. The molecule has 0 fully saturated rings. The van der Waals surface area contributed by atoms with E-state index in [2.05, 4.69) is 9.97 Å². The van der Waals surface area contributed by atoms with Gasteiger partial charge in [-0.15, -0.1) is 0 Å². The Labute approximate surface area is 138 Å². The third-order valence-electron chi connectivity index (χ3n) is 2.74. The van der Waals surface area contributed by atoms with E-state index in [1.807, 2.05) is 30.3 Å². The Bertz CT molecular complexity index is 658. The molecule has 1 amide bonds. The predicted molar refractivity (Wildman–Crippen MR) is 91.2 cm³/mol. The summed E-state index contributed by atoms with van der Waals surface area (Å²) in [7, 11) is 1.73. The third kappa shape index (κ3) is 4.75. The first kappa shape index (κ1) is 16.3. The monoisotopic (exact) mass is 334 g/mol. The number of likely N-dealkylation sites (N-methyl/N-ethyl adjacent to an activating group) is 1. The smallest absolute Gasteiger partial charge is 0.250 e. The van der Waals surface area contributed by atoms with E-state index in [-0.39, 0.29) is 5.91 Å². The lowest BCUT2D eigenvalue weighted by molar-refractivity contribution is -0.113. The van der Waals surface area contributed by atoms with Crippen LogP contribution in [-0.2, 0) is 4.79 Å². The van der Waals surface area contributed by atoms with Gasteiger partial charge in [-0.2, -0.15) is 0 Å². The number of nitrogens with zero attached hydrogens (tertiary/aromatic N) is 3. The van der Waals surface area contributed by atoms with Gasteiger partial charge in [-0.3, -0.25) is 4.79 Å². The number of amides is 1. The molecule has 0 radical (unpaired) electrons. The second kappa shape index (κ2) is 7.82. The van der Waals surface area contributed by atoms with Crippen molar-refractivity contribution in [1.29, 1.82) is 0 Å². The molecule has 0 aliphatic heterocycles. The van der Waals surface area contributed by atoms with E-state index in [1.165, 1.54) is 23.9 Å². The van der Waals surface area contributed by atoms with E-state index in [0.29, 0.717) is 21.9 Å². The molecule has 5 nitrogen and oxygen atoms in total. The first-order chi connectivity index (χ1) is 10.6. The van der Waals surface area contributed by atoms with Crippen molar-refractivity contribution >= 4 is 40.8 Å². The van der Waals surface area contributed by atoms with E-state index < -0.39 is 0 Å². The largest absolute Gasteiger partial charge is 0.384 e. The molecule has 2 N–H and O–H groups in total. The summed E-state index contributed by atoms with van der Waals surface area (Å²) < 4.78 is 0. The van der Waals surface area contributed by atoms with Crippen LogP contribution in [0.5, 0.6) is 0 Å². The Morgan fingerprint density at radius 2 is 2.09 bits per heavy atom. The molecule has 22 heavy (non-hydrogen) atoms. The highest BCUT2D eigenvalue weighted by atomic mass is 35.5. The van der Waals surface area contributed by atoms with Gasteiger partial charge in [-0.25, -0.2) is 9.97 Å². The Morgan fingerprint density at radius 3 is 2.77 bits per heavy atom. The quantitative estimate of drug-likeness (QED) is 0.394. The summed E-state index contributed by atoms with van der Waals surface area (Å²) in [5, 5.41) is 0.789.